The SMILES string of the molecule is COC(=O)c1ccc(CN2C(=O)S/C(=C/c3ccc(OCC(=O)Nc4ccc(C)cc4)c(OC)c3)C2=O)o1. The number of amides is 3. The number of ether oxygens (including phenoxy) is 3. The van der Waals surface area contributed by atoms with Crippen LogP contribution in [0.1, 0.15) is 27.4 Å². The zero-order chi connectivity index (χ0) is 27.2. The molecule has 0 unspecified atom stereocenters. The Bertz CT molecular complexity index is 1410. The highest BCUT2D eigenvalue weighted by molar-refractivity contribution is 8.18. The maximum absolute atomic E-state index is 12.9. The molecule has 2 aromatic carbocycles. The van der Waals surface area contributed by atoms with Crippen LogP contribution in [-0.4, -0.2) is 48.7 Å². The number of hydrogen-bond acceptors (Lipinski definition) is 9. The molecule has 3 amide bonds. The smallest absolute Gasteiger partial charge is 0.373 e. The topological polar surface area (TPSA) is 124 Å². The van der Waals surface area contributed by atoms with Crippen molar-refractivity contribution in [1.29, 1.82) is 0 Å². The van der Waals surface area contributed by atoms with Gasteiger partial charge in [0.25, 0.3) is 17.1 Å². The van der Waals surface area contributed by atoms with Crippen LogP contribution in [0.5, 0.6) is 11.5 Å². The molecule has 2 heterocycles. The van der Waals surface area contributed by atoms with E-state index in [9.17, 15) is 19.2 Å². The van der Waals surface area contributed by atoms with Crippen LogP contribution >= 0.6 is 11.8 Å². The maximum atomic E-state index is 12.9. The van der Waals surface area contributed by atoms with Gasteiger partial charge < -0.3 is 23.9 Å². The van der Waals surface area contributed by atoms with Gasteiger partial charge in [-0.15, -0.1) is 0 Å². The molecule has 0 aliphatic carbocycles. The first-order valence-corrected chi connectivity index (χ1v) is 12.2. The van der Waals surface area contributed by atoms with E-state index in [0.29, 0.717) is 22.7 Å². The number of imide groups is 1. The second-order valence-electron chi connectivity index (χ2n) is 8.14. The van der Waals surface area contributed by atoms with E-state index in [2.05, 4.69) is 10.1 Å². The fourth-order valence-corrected chi connectivity index (χ4v) is 4.33. The lowest BCUT2D eigenvalue weighted by Crippen LogP contribution is -2.27. The van der Waals surface area contributed by atoms with E-state index in [-0.39, 0.29) is 35.5 Å². The summed E-state index contributed by atoms with van der Waals surface area (Å²) in [4.78, 5) is 50.4. The van der Waals surface area contributed by atoms with E-state index in [1.165, 1.54) is 26.4 Å². The minimum Gasteiger partial charge on any atom is -0.493 e. The van der Waals surface area contributed by atoms with Gasteiger partial charge in [-0.25, -0.2) is 4.79 Å². The summed E-state index contributed by atoms with van der Waals surface area (Å²) in [6.07, 6.45) is 1.56. The molecule has 1 aliphatic heterocycles. The number of nitrogens with one attached hydrogen (secondary N) is 1. The lowest BCUT2D eigenvalue weighted by atomic mass is 10.2. The van der Waals surface area contributed by atoms with Crippen LogP contribution in [0.25, 0.3) is 6.08 Å². The first-order chi connectivity index (χ1) is 18.3. The Morgan fingerprint density at radius 2 is 1.79 bits per heavy atom. The van der Waals surface area contributed by atoms with Crippen LogP contribution in [0.3, 0.4) is 0 Å². The molecular weight excluding hydrogens is 512 g/mol. The van der Waals surface area contributed by atoms with Crippen molar-refractivity contribution < 1.29 is 37.8 Å². The van der Waals surface area contributed by atoms with Crippen LogP contribution in [0, 0.1) is 6.92 Å². The zero-order valence-electron chi connectivity index (χ0n) is 20.8. The van der Waals surface area contributed by atoms with E-state index in [1.54, 1.807) is 36.4 Å². The second-order valence-corrected chi connectivity index (χ2v) is 9.13. The molecule has 38 heavy (non-hydrogen) atoms. The van der Waals surface area contributed by atoms with Crippen molar-refractivity contribution in [3.05, 3.63) is 82.1 Å². The molecule has 4 rings (SSSR count). The number of anilines is 1. The van der Waals surface area contributed by atoms with E-state index in [0.717, 1.165) is 22.2 Å². The van der Waals surface area contributed by atoms with Gasteiger partial charge in [0.05, 0.1) is 25.7 Å². The summed E-state index contributed by atoms with van der Waals surface area (Å²) < 4.78 is 21.0. The number of rotatable bonds is 9. The molecule has 1 aliphatic rings. The number of esters is 1. The van der Waals surface area contributed by atoms with Gasteiger partial charge in [-0.05, 0) is 66.7 Å². The zero-order valence-corrected chi connectivity index (χ0v) is 21.6. The summed E-state index contributed by atoms with van der Waals surface area (Å²) in [7, 11) is 2.68. The van der Waals surface area contributed by atoms with E-state index in [4.69, 9.17) is 13.9 Å². The molecule has 0 atom stereocenters. The van der Waals surface area contributed by atoms with Crippen molar-refractivity contribution in [1.82, 2.24) is 4.90 Å². The molecule has 1 aromatic heterocycles. The molecule has 0 radical (unpaired) electrons. The maximum Gasteiger partial charge on any atom is 0.373 e. The normalized spacial score (nSPS) is 14.1. The van der Waals surface area contributed by atoms with Crippen molar-refractivity contribution in [3.8, 4) is 11.5 Å². The van der Waals surface area contributed by atoms with Crippen LogP contribution in [0.4, 0.5) is 10.5 Å². The number of thioether (sulfide) groups is 1. The molecule has 1 N–H and O–H groups in total. The number of methoxy groups -OCH3 is 2. The highest BCUT2D eigenvalue weighted by Gasteiger charge is 2.35. The Balaban J connectivity index is 1.40. The Kier molecular flexibility index (Phi) is 8.17. The molecule has 3 aromatic rings. The lowest BCUT2D eigenvalue weighted by Gasteiger charge is -2.12. The van der Waals surface area contributed by atoms with Crippen LogP contribution in [-0.2, 0) is 20.9 Å². The minimum absolute atomic E-state index is 0.0213. The molecule has 10 nitrogen and oxygen atoms in total. The van der Waals surface area contributed by atoms with Gasteiger partial charge in [-0.2, -0.15) is 0 Å². The number of carbonyl (C=O) groups excluding carboxylic acids is 4. The fourth-order valence-electron chi connectivity index (χ4n) is 3.49. The average molecular weight is 537 g/mol. The van der Waals surface area contributed by atoms with Gasteiger partial charge in [0.1, 0.15) is 5.76 Å². The molecule has 0 bridgehead atoms. The molecular formula is C27H24N2O8S. The summed E-state index contributed by atoms with van der Waals surface area (Å²) in [5.41, 5.74) is 2.34. The third kappa shape index (κ3) is 6.24. The Labute approximate surface area is 222 Å². The van der Waals surface area contributed by atoms with Gasteiger partial charge >= 0.3 is 5.97 Å². The van der Waals surface area contributed by atoms with Crippen molar-refractivity contribution in [2.24, 2.45) is 0 Å². The summed E-state index contributed by atoms with van der Waals surface area (Å²) in [6, 6.07) is 15.2. The summed E-state index contributed by atoms with van der Waals surface area (Å²) in [5.74, 6) is -0.538. The number of hydrogen-bond donors (Lipinski definition) is 1. The van der Waals surface area contributed by atoms with Crippen molar-refractivity contribution in [2.45, 2.75) is 13.5 Å². The molecule has 196 valence electrons. The summed E-state index contributed by atoms with van der Waals surface area (Å²) in [6.45, 7) is 1.60. The van der Waals surface area contributed by atoms with E-state index >= 15 is 0 Å². The fraction of sp³-hybridized carbons (Fsp3) is 0.185. The number of aryl methyl sites for hydroxylation is 1. The van der Waals surface area contributed by atoms with Crippen molar-refractivity contribution >= 4 is 46.5 Å². The lowest BCUT2D eigenvalue weighted by molar-refractivity contribution is -0.123. The summed E-state index contributed by atoms with van der Waals surface area (Å²) >= 11 is 0.787. The van der Waals surface area contributed by atoms with Gasteiger partial charge in [0, 0.05) is 5.69 Å². The highest BCUT2D eigenvalue weighted by atomic mass is 32.2. The molecule has 0 saturated carbocycles. The largest absolute Gasteiger partial charge is 0.493 e. The molecule has 11 heteroatoms. The van der Waals surface area contributed by atoms with Crippen LogP contribution in [0.15, 0.2) is 63.9 Å². The summed E-state index contributed by atoms with van der Waals surface area (Å²) in [5, 5.41) is 2.29. The Morgan fingerprint density at radius 1 is 1.03 bits per heavy atom. The van der Waals surface area contributed by atoms with Gasteiger partial charge in [0.2, 0.25) is 5.76 Å². The number of benzene rings is 2. The van der Waals surface area contributed by atoms with E-state index < -0.39 is 17.1 Å². The third-order valence-electron chi connectivity index (χ3n) is 5.42. The second kappa shape index (κ2) is 11.7. The standard InChI is InChI=1S/C27H24N2O8S/c1-16-4-7-18(8-5-16)28-24(30)15-36-20-10-6-17(12-22(20)34-2)13-23-25(31)29(27(33)38-23)14-19-9-11-21(37-19)26(32)35-3/h4-13H,14-15H2,1-3H3,(H,28,30)/b23-13+. The molecule has 0 spiro atoms. The highest BCUT2D eigenvalue weighted by Crippen LogP contribution is 2.35. The van der Waals surface area contributed by atoms with E-state index in [1.807, 2.05) is 19.1 Å². The number of nitrogens with zero attached hydrogens (tertiary/aromatic N) is 1. The Hall–Kier alpha value is -4.51. The Morgan fingerprint density at radius 3 is 2.50 bits per heavy atom. The van der Waals surface area contributed by atoms with Crippen molar-refractivity contribution in [3.63, 3.8) is 0 Å². The molecule has 1 saturated heterocycles. The average Bonchev–Trinajstić information content (AvgIpc) is 3.49. The quantitative estimate of drug-likeness (QED) is 0.308. The first kappa shape index (κ1) is 26.6. The predicted octanol–water partition coefficient (Wildman–Crippen LogP) is 4.64. The first-order valence-electron chi connectivity index (χ1n) is 11.4. The third-order valence-corrected chi connectivity index (χ3v) is 6.32. The van der Waals surface area contributed by atoms with Gasteiger partial charge in [0.15, 0.2) is 18.1 Å². The number of carbonyl (C=O) groups is 4. The van der Waals surface area contributed by atoms with Crippen molar-refractivity contribution in [2.75, 3.05) is 26.1 Å². The minimum atomic E-state index is -0.654. The molecule has 1 fully saturated rings. The van der Waals surface area contributed by atoms with Gasteiger partial charge in [-0.3, -0.25) is 19.3 Å². The van der Waals surface area contributed by atoms with Crippen LogP contribution < -0.4 is 14.8 Å². The van der Waals surface area contributed by atoms with Gasteiger partial charge in [-0.1, -0.05) is 23.8 Å². The number of furan rings is 1. The monoisotopic (exact) mass is 536 g/mol. The van der Waals surface area contributed by atoms with Crippen LogP contribution in [0.2, 0.25) is 0 Å². The predicted molar refractivity (Wildman–Crippen MR) is 140 cm³/mol.